The normalized spacial score (nSPS) is 11.5. The Morgan fingerprint density at radius 1 is 1.25 bits per heavy atom. The van der Waals surface area contributed by atoms with E-state index >= 15 is 0 Å². The number of rotatable bonds is 6. The predicted molar refractivity (Wildman–Crippen MR) is 109 cm³/mol. The van der Waals surface area contributed by atoms with Crippen LogP contribution in [0.15, 0.2) is 48.7 Å². The molecule has 0 spiro atoms. The van der Waals surface area contributed by atoms with Crippen molar-refractivity contribution in [1.29, 1.82) is 0 Å². The molecule has 1 N–H and O–H groups in total. The van der Waals surface area contributed by atoms with Crippen LogP contribution in [-0.2, 0) is 11.3 Å². The van der Waals surface area contributed by atoms with Crippen molar-refractivity contribution < 1.29 is 9.18 Å². The van der Waals surface area contributed by atoms with E-state index in [4.69, 9.17) is 0 Å². The maximum Gasteiger partial charge on any atom is 0.244 e. The summed E-state index contributed by atoms with van der Waals surface area (Å²) in [5.41, 5.74) is 3.50. The molecule has 0 fully saturated rings. The summed E-state index contributed by atoms with van der Waals surface area (Å²) in [5.74, 6) is 0.408. The standard InChI is InChI=1S/C22H25FN4O/c1-15(2)27-22(11-12-25-27)26-16(3)13-18(17(26)4)9-10-21(28)24-14-19-7-5-6-8-20(19)23/h5-13,15H,14H2,1-4H3,(H,24,28)/b10-9+. The summed E-state index contributed by atoms with van der Waals surface area (Å²) < 4.78 is 17.7. The van der Waals surface area contributed by atoms with Gasteiger partial charge in [0.05, 0.1) is 6.20 Å². The van der Waals surface area contributed by atoms with Crippen LogP contribution in [0.5, 0.6) is 0 Å². The zero-order valence-electron chi connectivity index (χ0n) is 16.6. The Morgan fingerprint density at radius 2 is 2.00 bits per heavy atom. The van der Waals surface area contributed by atoms with Crippen LogP contribution < -0.4 is 5.32 Å². The van der Waals surface area contributed by atoms with Gasteiger partial charge in [-0.05, 0) is 51.5 Å². The Kier molecular flexibility index (Phi) is 5.78. The van der Waals surface area contributed by atoms with E-state index in [1.807, 2.05) is 30.7 Å². The Hall–Kier alpha value is -3.15. The average molecular weight is 380 g/mol. The van der Waals surface area contributed by atoms with Crippen molar-refractivity contribution in [2.24, 2.45) is 0 Å². The molecule has 0 aliphatic heterocycles. The summed E-state index contributed by atoms with van der Waals surface area (Å²) >= 11 is 0. The molecular weight excluding hydrogens is 355 g/mol. The summed E-state index contributed by atoms with van der Waals surface area (Å²) in [4.78, 5) is 12.1. The van der Waals surface area contributed by atoms with Crippen molar-refractivity contribution in [2.45, 2.75) is 40.3 Å². The number of hydrogen-bond donors (Lipinski definition) is 1. The highest BCUT2D eigenvalue weighted by atomic mass is 19.1. The first-order chi connectivity index (χ1) is 13.4. The van der Waals surface area contributed by atoms with Crippen LogP contribution in [0.4, 0.5) is 4.39 Å². The zero-order valence-corrected chi connectivity index (χ0v) is 16.6. The molecule has 1 aromatic carbocycles. The fraction of sp³-hybridized carbons (Fsp3) is 0.273. The molecule has 0 aliphatic carbocycles. The maximum absolute atomic E-state index is 13.6. The van der Waals surface area contributed by atoms with Crippen LogP contribution in [0.1, 0.15) is 42.4 Å². The van der Waals surface area contributed by atoms with Gasteiger partial charge in [-0.25, -0.2) is 9.07 Å². The quantitative estimate of drug-likeness (QED) is 0.647. The number of aryl methyl sites for hydroxylation is 1. The summed E-state index contributed by atoms with van der Waals surface area (Å²) in [6, 6.07) is 10.7. The van der Waals surface area contributed by atoms with E-state index in [0.717, 1.165) is 22.8 Å². The SMILES string of the molecule is Cc1cc(/C=C/C(=O)NCc2ccccc2F)c(C)n1-c1ccnn1C(C)C. The van der Waals surface area contributed by atoms with Gasteiger partial charge in [-0.3, -0.25) is 4.79 Å². The highest BCUT2D eigenvalue weighted by Crippen LogP contribution is 2.23. The van der Waals surface area contributed by atoms with Gasteiger partial charge in [0.1, 0.15) is 11.6 Å². The van der Waals surface area contributed by atoms with Crippen molar-refractivity contribution in [1.82, 2.24) is 19.7 Å². The second-order valence-electron chi connectivity index (χ2n) is 7.03. The molecule has 0 radical (unpaired) electrons. The van der Waals surface area contributed by atoms with Crippen LogP contribution in [0.2, 0.25) is 0 Å². The predicted octanol–water partition coefficient (Wildman–Crippen LogP) is 4.34. The highest BCUT2D eigenvalue weighted by Gasteiger charge is 2.14. The summed E-state index contributed by atoms with van der Waals surface area (Å²) in [5, 5.41) is 7.12. The van der Waals surface area contributed by atoms with E-state index < -0.39 is 0 Å². The van der Waals surface area contributed by atoms with Gasteiger partial charge >= 0.3 is 0 Å². The Bertz CT molecular complexity index is 1010. The van der Waals surface area contributed by atoms with E-state index in [1.165, 1.54) is 12.1 Å². The fourth-order valence-electron chi connectivity index (χ4n) is 3.24. The first-order valence-electron chi connectivity index (χ1n) is 9.30. The monoisotopic (exact) mass is 380 g/mol. The van der Waals surface area contributed by atoms with Gasteiger partial charge in [-0.1, -0.05) is 18.2 Å². The van der Waals surface area contributed by atoms with E-state index in [1.54, 1.807) is 30.5 Å². The van der Waals surface area contributed by atoms with Crippen LogP contribution in [-0.4, -0.2) is 20.3 Å². The number of nitrogens with one attached hydrogen (secondary N) is 1. The number of amides is 1. The molecule has 6 heteroatoms. The van der Waals surface area contributed by atoms with Crippen molar-refractivity contribution in [2.75, 3.05) is 0 Å². The Labute approximate surface area is 164 Å². The number of nitrogens with zero attached hydrogens (tertiary/aromatic N) is 3. The zero-order chi connectivity index (χ0) is 20.3. The third-order valence-electron chi connectivity index (χ3n) is 4.66. The summed E-state index contributed by atoms with van der Waals surface area (Å²) in [6.45, 7) is 8.38. The minimum Gasteiger partial charge on any atom is -0.348 e. The number of carbonyl (C=O) groups is 1. The van der Waals surface area contributed by atoms with E-state index in [9.17, 15) is 9.18 Å². The average Bonchev–Trinajstić information content (AvgIpc) is 3.23. The summed E-state index contributed by atoms with van der Waals surface area (Å²) in [7, 11) is 0. The lowest BCUT2D eigenvalue weighted by molar-refractivity contribution is -0.116. The van der Waals surface area contributed by atoms with Gasteiger partial charge in [0.25, 0.3) is 0 Å². The lowest BCUT2D eigenvalue weighted by Crippen LogP contribution is -2.20. The first-order valence-corrected chi connectivity index (χ1v) is 9.30. The molecule has 2 heterocycles. The molecule has 0 bridgehead atoms. The molecule has 3 aromatic rings. The number of carbonyl (C=O) groups excluding carboxylic acids is 1. The number of halogens is 1. The minimum absolute atomic E-state index is 0.155. The van der Waals surface area contributed by atoms with Gasteiger partial charge in [-0.15, -0.1) is 0 Å². The molecule has 0 aliphatic rings. The fourth-order valence-corrected chi connectivity index (χ4v) is 3.24. The highest BCUT2D eigenvalue weighted by molar-refractivity contribution is 5.91. The van der Waals surface area contributed by atoms with Gasteiger partial charge in [0.2, 0.25) is 5.91 Å². The lowest BCUT2D eigenvalue weighted by Gasteiger charge is -2.15. The molecule has 1 amide bonds. The third-order valence-corrected chi connectivity index (χ3v) is 4.66. The van der Waals surface area contributed by atoms with Crippen LogP contribution in [0, 0.1) is 19.7 Å². The van der Waals surface area contributed by atoms with Crippen molar-refractivity contribution in [3.63, 3.8) is 0 Å². The van der Waals surface area contributed by atoms with Crippen LogP contribution in [0.25, 0.3) is 11.9 Å². The molecule has 0 saturated carbocycles. The van der Waals surface area contributed by atoms with Gasteiger partial charge in [-0.2, -0.15) is 5.10 Å². The van der Waals surface area contributed by atoms with Crippen LogP contribution >= 0.6 is 0 Å². The van der Waals surface area contributed by atoms with Gasteiger partial charge < -0.3 is 9.88 Å². The van der Waals surface area contributed by atoms with E-state index in [0.29, 0.717) is 5.56 Å². The minimum atomic E-state index is -0.322. The number of benzene rings is 1. The summed E-state index contributed by atoms with van der Waals surface area (Å²) in [6.07, 6.45) is 5.05. The van der Waals surface area contributed by atoms with Crippen molar-refractivity contribution >= 4 is 12.0 Å². The van der Waals surface area contributed by atoms with E-state index in [2.05, 4.69) is 28.8 Å². The largest absolute Gasteiger partial charge is 0.348 e. The molecule has 3 rings (SSSR count). The Balaban J connectivity index is 1.75. The van der Waals surface area contributed by atoms with Crippen molar-refractivity contribution in [3.05, 3.63) is 77.0 Å². The second kappa shape index (κ2) is 8.25. The second-order valence-corrected chi connectivity index (χ2v) is 7.03. The number of aromatic nitrogens is 3. The molecule has 0 saturated heterocycles. The van der Waals surface area contributed by atoms with E-state index in [-0.39, 0.29) is 24.3 Å². The molecule has 28 heavy (non-hydrogen) atoms. The molecule has 2 aromatic heterocycles. The van der Waals surface area contributed by atoms with Crippen molar-refractivity contribution in [3.8, 4) is 5.82 Å². The smallest absolute Gasteiger partial charge is 0.244 e. The lowest BCUT2D eigenvalue weighted by atomic mass is 10.2. The van der Waals surface area contributed by atoms with Gasteiger partial charge in [0.15, 0.2) is 0 Å². The molecule has 5 nitrogen and oxygen atoms in total. The number of hydrogen-bond acceptors (Lipinski definition) is 2. The maximum atomic E-state index is 13.6. The third kappa shape index (κ3) is 4.06. The van der Waals surface area contributed by atoms with Gasteiger partial charge in [0, 0.05) is 41.7 Å². The molecule has 146 valence electrons. The first kappa shape index (κ1) is 19.6. The Morgan fingerprint density at radius 3 is 2.71 bits per heavy atom. The topological polar surface area (TPSA) is 51.9 Å². The molecular formula is C22H25FN4O. The van der Waals surface area contributed by atoms with Crippen LogP contribution in [0.3, 0.4) is 0 Å². The molecule has 0 unspecified atom stereocenters. The molecule has 0 atom stereocenters.